The first kappa shape index (κ1) is 12.7. The minimum Gasteiger partial charge on any atom is -0.361 e. The van der Waals surface area contributed by atoms with Crippen LogP contribution in [0.25, 0.3) is 0 Å². The van der Waals surface area contributed by atoms with E-state index in [4.69, 9.17) is 4.74 Å². The second-order valence-electron chi connectivity index (χ2n) is 5.81. The third-order valence-corrected chi connectivity index (χ3v) is 6.20. The fraction of sp³-hybridized carbons (Fsp3) is 0.692. The van der Waals surface area contributed by atoms with Gasteiger partial charge in [0.05, 0.1) is 18.1 Å². The van der Waals surface area contributed by atoms with Crippen molar-refractivity contribution in [3.63, 3.8) is 0 Å². The molecule has 2 aliphatic heterocycles. The van der Waals surface area contributed by atoms with E-state index in [0.29, 0.717) is 25.6 Å². The van der Waals surface area contributed by atoms with E-state index in [1.807, 2.05) is 6.20 Å². The molecule has 0 bridgehead atoms. The van der Waals surface area contributed by atoms with Gasteiger partial charge >= 0.3 is 0 Å². The Morgan fingerprint density at radius 3 is 2.85 bits per heavy atom. The Bertz CT molecular complexity index is 663. The summed E-state index contributed by atoms with van der Waals surface area (Å²) >= 11 is 0. The van der Waals surface area contributed by atoms with Crippen molar-refractivity contribution in [2.75, 3.05) is 18.8 Å². The maximum Gasteiger partial charge on any atom is 0.214 e. The third-order valence-electron chi connectivity index (χ3n) is 4.43. The van der Waals surface area contributed by atoms with Crippen LogP contribution in [-0.2, 0) is 27.0 Å². The number of ether oxygens (including phenoxy) is 1. The molecule has 1 aromatic heterocycles. The van der Waals surface area contributed by atoms with Crippen LogP contribution in [0.2, 0.25) is 0 Å². The summed E-state index contributed by atoms with van der Waals surface area (Å²) in [5.41, 5.74) is 1.42. The molecule has 20 heavy (non-hydrogen) atoms. The lowest BCUT2D eigenvalue weighted by Crippen LogP contribution is -2.61. The molecule has 0 aromatic carbocycles. The van der Waals surface area contributed by atoms with Crippen molar-refractivity contribution in [2.24, 2.45) is 0 Å². The lowest BCUT2D eigenvalue weighted by atomic mass is 9.90. The smallest absolute Gasteiger partial charge is 0.214 e. The van der Waals surface area contributed by atoms with Crippen LogP contribution in [0.5, 0.6) is 0 Å². The highest BCUT2D eigenvalue weighted by atomic mass is 32.2. The number of aromatic nitrogens is 2. The van der Waals surface area contributed by atoms with E-state index in [-0.39, 0.29) is 5.75 Å². The monoisotopic (exact) mass is 295 g/mol. The quantitative estimate of drug-likeness (QED) is 0.822. The number of nitrogens with zero attached hydrogens (tertiary/aromatic N) is 3. The fourth-order valence-electron chi connectivity index (χ4n) is 2.91. The first-order chi connectivity index (χ1) is 9.54. The predicted molar refractivity (Wildman–Crippen MR) is 71.5 cm³/mol. The zero-order valence-corrected chi connectivity index (χ0v) is 12.2. The number of hydrogen-bond acceptors (Lipinski definition) is 5. The van der Waals surface area contributed by atoms with Crippen molar-refractivity contribution < 1.29 is 13.2 Å². The maximum absolute atomic E-state index is 11.8. The summed E-state index contributed by atoms with van der Waals surface area (Å²) in [4.78, 5) is 9.03. The molecular formula is C13H17N3O3S. The van der Waals surface area contributed by atoms with Crippen molar-refractivity contribution >= 4 is 10.0 Å². The van der Waals surface area contributed by atoms with Crippen LogP contribution < -0.4 is 0 Å². The van der Waals surface area contributed by atoms with E-state index >= 15 is 0 Å². The molecule has 1 spiro atoms. The SMILES string of the molecule is CCS(=O)(=O)N1CC2(C1)OCc1nc(C3CC3)ncc12. The number of fused-ring (bicyclic) bond motifs is 2. The molecule has 7 heteroatoms. The van der Waals surface area contributed by atoms with Gasteiger partial charge in [0.15, 0.2) is 0 Å². The van der Waals surface area contributed by atoms with E-state index in [1.165, 1.54) is 17.1 Å². The number of sulfonamides is 1. The highest BCUT2D eigenvalue weighted by Crippen LogP contribution is 2.45. The van der Waals surface area contributed by atoms with Gasteiger partial charge in [0, 0.05) is 30.8 Å². The Morgan fingerprint density at radius 2 is 2.20 bits per heavy atom. The van der Waals surface area contributed by atoms with E-state index in [9.17, 15) is 8.42 Å². The minimum atomic E-state index is -3.13. The molecule has 4 rings (SSSR count). The van der Waals surface area contributed by atoms with Gasteiger partial charge in [0.25, 0.3) is 0 Å². The van der Waals surface area contributed by atoms with E-state index in [1.54, 1.807) is 6.92 Å². The van der Waals surface area contributed by atoms with Gasteiger partial charge in [0.1, 0.15) is 11.4 Å². The molecule has 0 N–H and O–H groups in total. The second-order valence-corrected chi connectivity index (χ2v) is 8.07. The van der Waals surface area contributed by atoms with Crippen LogP contribution in [0, 0.1) is 0 Å². The first-order valence-electron chi connectivity index (χ1n) is 7.02. The van der Waals surface area contributed by atoms with Crippen molar-refractivity contribution in [3.8, 4) is 0 Å². The fourth-order valence-corrected chi connectivity index (χ4v) is 4.09. The van der Waals surface area contributed by atoms with Crippen LogP contribution in [-0.4, -0.2) is 41.5 Å². The van der Waals surface area contributed by atoms with E-state index in [0.717, 1.165) is 17.1 Å². The zero-order chi connectivity index (χ0) is 14.0. The summed E-state index contributed by atoms with van der Waals surface area (Å²) in [6.07, 6.45) is 4.19. The molecule has 108 valence electrons. The Morgan fingerprint density at radius 1 is 1.45 bits per heavy atom. The Kier molecular flexibility index (Phi) is 2.53. The van der Waals surface area contributed by atoms with Gasteiger partial charge in [-0.3, -0.25) is 0 Å². The summed E-state index contributed by atoms with van der Waals surface area (Å²) in [7, 11) is -3.13. The molecule has 1 saturated carbocycles. The standard InChI is InChI=1S/C13H17N3O3S/c1-2-20(17,18)16-7-13(8-16)10-5-14-12(9-3-4-9)15-11(10)6-19-13/h5,9H,2-4,6-8H2,1H3. The highest BCUT2D eigenvalue weighted by Gasteiger charge is 2.54. The van der Waals surface area contributed by atoms with E-state index in [2.05, 4.69) is 9.97 Å². The molecule has 1 aliphatic carbocycles. The molecular weight excluding hydrogens is 278 g/mol. The molecule has 3 heterocycles. The molecule has 0 amide bonds. The van der Waals surface area contributed by atoms with Crippen molar-refractivity contribution in [3.05, 3.63) is 23.3 Å². The Labute approximate surface area is 118 Å². The number of hydrogen-bond donors (Lipinski definition) is 0. The lowest BCUT2D eigenvalue weighted by molar-refractivity contribution is -0.112. The van der Waals surface area contributed by atoms with Gasteiger partial charge in [-0.05, 0) is 19.8 Å². The summed E-state index contributed by atoms with van der Waals surface area (Å²) < 4.78 is 31.0. The van der Waals surface area contributed by atoms with Gasteiger partial charge in [0.2, 0.25) is 10.0 Å². The molecule has 1 aromatic rings. The van der Waals surface area contributed by atoms with Crippen molar-refractivity contribution in [2.45, 2.75) is 37.9 Å². The van der Waals surface area contributed by atoms with Crippen LogP contribution in [0.15, 0.2) is 6.20 Å². The average Bonchev–Trinajstić information content (AvgIpc) is 3.17. The molecule has 3 aliphatic rings. The normalized spacial score (nSPS) is 24.6. The van der Waals surface area contributed by atoms with Crippen LogP contribution >= 0.6 is 0 Å². The van der Waals surface area contributed by atoms with Gasteiger partial charge in [-0.25, -0.2) is 18.4 Å². The summed E-state index contributed by atoms with van der Waals surface area (Å²) in [5.74, 6) is 1.57. The van der Waals surface area contributed by atoms with Gasteiger partial charge < -0.3 is 4.74 Å². The second kappa shape index (κ2) is 3.99. The third kappa shape index (κ3) is 1.73. The van der Waals surface area contributed by atoms with E-state index < -0.39 is 15.6 Å². The summed E-state index contributed by atoms with van der Waals surface area (Å²) in [6.45, 7) is 2.91. The van der Waals surface area contributed by atoms with Crippen molar-refractivity contribution in [1.29, 1.82) is 0 Å². The number of rotatable bonds is 3. The van der Waals surface area contributed by atoms with Gasteiger partial charge in [-0.1, -0.05) is 0 Å². The summed E-state index contributed by atoms with van der Waals surface area (Å²) in [6, 6.07) is 0. The average molecular weight is 295 g/mol. The molecule has 0 atom stereocenters. The molecule has 2 fully saturated rings. The Balaban J connectivity index is 1.60. The van der Waals surface area contributed by atoms with Gasteiger partial charge in [-0.15, -0.1) is 0 Å². The molecule has 6 nitrogen and oxygen atoms in total. The van der Waals surface area contributed by atoms with Crippen LogP contribution in [0.4, 0.5) is 0 Å². The lowest BCUT2D eigenvalue weighted by Gasteiger charge is -2.45. The zero-order valence-electron chi connectivity index (χ0n) is 11.4. The summed E-state index contributed by atoms with van der Waals surface area (Å²) in [5, 5.41) is 0. The van der Waals surface area contributed by atoms with Crippen LogP contribution in [0.3, 0.4) is 0 Å². The first-order valence-corrected chi connectivity index (χ1v) is 8.63. The van der Waals surface area contributed by atoms with Crippen molar-refractivity contribution in [1.82, 2.24) is 14.3 Å². The molecule has 0 radical (unpaired) electrons. The maximum atomic E-state index is 11.8. The van der Waals surface area contributed by atoms with Gasteiger partial charge in [-0.2, -0.15) is 4.31 Å². The topological polar surface area (TPSA) is 72.4 Å². The predicted octanol–water partition coefficient (Wildman–Crippen LogP) is 0.745. The molecule has 0 unspecified atom stereocenters. The molecule has 1 saturated heterocycles. The minimum absolute atomic E-state index is 0.132. The van der Waals surface area contributed by atoms with Crippen LogP contribution in [0.1, 0.15) is 42.8 Å². The Hall–Kier alpha value is -1.05. The largest absolute Gasteiger partial charge is 0.361 e. The highest BCUT2D eigenvalue weighted by molar-refractivity contribution is 7.89.